The van der Waals surface area contributed by atoms with E-state index in [9.17, 15) is 4.79 Å². The molecule has 0 radical (unpaired) electrons. The fraction of sp³-hybridized carbons (Fsp3) is 0.462. The molecule has 0 saturated heterocycles. The summed E-state index contributed by atoms with van der Waals surface area (Å²) in [6.07, 6.45) is 1.00. The summed E-state index contributed by atoms with van der Waals surface area (Å²) in [7, 11) is 1.99. The van der Waals surface area contributed by atoms with E-state index in [2.05, 4.69) is 25.7 Å². The van der Waals surface area contributed by atoms with Gasteiger partial charge in [-0.15, -0.1) is 0 Å². The third-order valence-corrected chi connectivity index (χ3v) is 3.25. The number of carboxylic acid groups (broad SMARTS) is 1. The molecule has 0 aliphatic heterocycles. The van der Waals surface area contributed by atoms with E-state index in [1.165, 1.54) is 0 Å². The Labute approximate surface area is 96.7 Å². The highest BCUT2D eigenvalue weighted by atomic mass is 16.4. The second-order valence-corrected chi connectivity index (χ2v) is 4.58. The third-order valence-electron chi connectivity index (χ3n) is 3.25. The van der Waals surface area contributed by atoms with Gasteiger partial charge in [0.1, 0.15) is 0 Å². The number of hydrogen-bond acceptors (Lipinski definition) is 2. The molecule has 0 amide bonds. The Hall–Kier alpha value is -1.51. The quantitative estimate of drug-likeness (QED) is 0.849. The number of aromatic carboxylic acids is 1. The van der Waals surface area contributed by atoms with Crippen LogP contribution in [0.2, 0.25) is 0 Å². The zero-order valence-electron chi connectivity index (χ0n) is 10.3. The van der Waals surface area contributed by atoms with Gasteiger partial charge >= 0.3 is 5.97 Å². The van der Waals surface area contributed by atoms with Crippen LogP contribution in [0.3, 0.4) is 0 Å². The molecular formula is C13H19NO2. The number of anilines is 1. The van der Waals surface area contributed by atoms with Gasteiger partial charge in [0.25, 0.3) is 0 Å². The largest absolute Gasteiger partial charge is 0.478 e. The molecule has 1 aromatic carbocycles. The van der Waals surface area contributed by atoms with E-state index in [1.807, 2.05) is 13.1 Å². The summed E-state index contributed by atoms with van der Waals surface area (Å²) in [5, 5.41) is 8.93. The predicted molar refractivity (Wildman–Crippen MR) is 66.2 cm³/mol. The molecule has 3 nitrogen and oxygen atoms in total. The highest BCUT2D eigenvalue weighted by Gasteiger charge is 2.21. The SMILES string of the molecule is CCC(C)(C)N(C)c1cccc(C(=O)O)c1. The molecular weight excluding hydrogens is 202 g/mol. The summed E-state index contributed by atoms with van der Waals surface area (Å²) in [5.74, 6) is -0.885. The summed E-state index contributed by atoms with van der Waals surface area (Å²) in [4.78, 5) is 13.0. The summed E-state index contributed by atoms with van der Waals surface area (Å²) in [5.41, 5.74) is 1.29. The van der Waals surface area contributed by atoms with Crippen LogP contribution in [0.4, 0.5) is 5.69 Å². The first kappa shape index (κ1) is 12.6. The maximum atomic E-state index is 10.9. The van der Waals surface area contributed by atoms with Crippen LogP contribution in [0, 0.1) is 0 Å². The van der Waals surface area contributed by atoms with Crippen molar-refractivity contribution in [1.82, 2.24) is 0 Å². The molecule has 16 heavy (non-hydrogen) atoms. The molecule has 0 aliphatic rings. The van der Waals surface area contributed by atoms with E-state index in [-0.39, 0.29) is 5.54 Å². The van der Waals surface area contributed by atoms with E-state index < -0.39 is 5.97 Å². The highest BCUT2D eigenvalue weighted by Crippen LogP contribution is 2.25. The molecule has 1 N–H and O–H groups in total. The standard InChI is InChI=1S/C13H19NO2/c1-5-13(2,3)14(4)11-8-6-7-10(9-11)12(15)16/h6-9H,5H2,1-4H3,(H,15,16). The highest BCUT2D eigenvalue weighted by molar-refractivity contribution is 5.88. The topological polar surface area (TPSA) is 40.5 Å². The average molecular weight is 221 g/mol. The molecule has 88 valence electrons. The summed E-state index contributed by atoms with van der Waals surface area (Å²) >= 11 is 0. The number of carbonyl (C=O) groups is 1. The van der Waals surface area contributed by atoms with Crippen LogP contribution in [0.15, 0.2) is 24.3 Å². The van der Waals surface area contributed by atoms with Gasteiger partial charge in [0, 0.05) is 18.3 Å². The van der Waals surface area contributed by atoms with Gasteiger partial charge in [-0.25, -0.2) is 4.79 Å². The van der Waals surface area contributed by atoms with Crippen molar-refractivity contribution >= 4 is 11.7 Å². The molecule has 0 spiro atoms. The van der Waals surface area contributed by atoms with Crippen molar-refractivity contribution in [3.8, 4) is 0 Å². The molecule has 0 heterocycles. The molecule has 3 heteroatoms. The van der Waals surface area contributed by atoms with Crippen molar-refractivity contribution in [1.29, 1.82) is 0 Å². The van der Waals surface area contributed by atoms with Crippen molar-refractivity contribution in [2.75, 3.05) is 11.9 Å². The molecule has 0 fully saturated rings. The van der Waals surface area contributed by atoms with Crippen molar-refractivity contribution in [2.24, 2.45) is 0 Å². The maximum absolute atomic E-state index is 10.9. The van der Waals surface area contributed by atoms with E-state index in [0.717, 1.165) is 12.1 Å². The lowest BCUT2D eigenvalue weighted by molar-refractivity contribution is 0.0697. The van der Waals surface area contributed by atoms with Crippen LogP contribution in [-0.4, -0.2) is 23.7 Å². The molecule has 0 bridgehead atoms. The van der Waals surface area contributed by atoms with E-state index in [0.29, 0.717) is 5.56 Å². The Morgan fingerprint density at radius 1 is 1.44 bits per heavy atom. The van der Waals surface area contributed by atoms with E-state index >= 15 is 0 Å². The van der Waals surface area contributed by atoms with Gasteiger partial charge in [0.15, 0.2) is 0 Å². The Bertz CT molecular complexity index is 385. The van der Waals surface area contributed by atoms with Gasteiger partial charge in [0.2, 0.25) is 0 Å². The minimum atomic E-state index is -0.885. The minimum absolute atomic E-state index is 0.0249. The smallest absolute Gasteiger partial charge is 0.335 e. The fourth-order valence-corrected chi connectivity index (χ4v) is 1.43. The second kappa shape index (κ2) is 4.56. The Morgan fingerprint density at radius 2 is 2.06 bits per heavy atom. The second-order valence-electron chi connectivity index (χ2n) is 4.58. The van der Waals surface area contributed by atoms with Gasteiger partial charge in [-0.05, 0) is 38.5 Å². The van der Waals surface area contributed by atoms with E-state index in [1.54, 1.807) is 18.2 Å². The minimum Gasteiger partial charge on any atom is -0.478 e. The summed E-state index contributed by atoms with van der Waals surface area (Å²) in [6.45, 7) is 6.40. The Morgan fingerprint density at radius 3 is 2.56 bits per heavy atom. The van der Waals surface area contributed by atoms with Gasteiger partial charge in [-0.3, -0.25) is 0 Å². The molecule has 0 unspecified atom stereocenters. The summed E-state index contributed by atoms with van der Waals surface area (Å²) in [6, 6.07) is 7.03. The molecule has 0 saturated carbocycles. The van der Waals surface area contributed by atoms with Gasteiger partial charge in [-0.1, -0.05) is 13.0 Å². The number of rotatable bonds is 4. The first-order valence-electron chi connectivity index (χ1n) is 5.45. The van der Waals surface area contributed by atoms with Crippen LogP contribution in [0.1, 0.15) is 37.6 Å². The van der Waals surface area contributed by atoms with Crippen molar-refractivity contribution in [2.45, 2.75) is 32.7 Å². The number of benzene rings is 1. The van der Waals surface area contributed by atoms with Crippen LogP contribution in [0.25, 0.3) is 0 Å². The van der Waals surface area contributed by atoms with Gasteiger partial charge in [-0.2, -0.15) is 0 Å². The van der Waals surface area contributed by atoms with Crippen LogP contribution < -0.4 is 4.90 Å². The monoisotopic (exact) mass is 221 g/mol. The van der Waals surface area contributed by atoms with Crippen molar-refractivity contribution in [3.63, 3.8) is 0 Å². The Kier molecular flexibility index (Phi) is 3.58. The molecule has 0 aliphatic carbocycles. The zero-order valence-corrected chi connectivity index (χ0v) is 10.3. The number of nitrogens with zero attached hydrogens (tertiary/aromatic N) is 1. The van der Waals surface area contributed by atoms with Crippen molar-refractivity contribution in [3.05, 3.63) is 29.8 Å². The number of hydrogen-bond donors (Lipinski definition) is 1. The lowest BCUT2D eigenvalue weighted by Crippen LogP contribution is -2.40. The Balaban J connectivity index is 3.05. The predicted octanol–water partition coefficient (Wildman–Crippen LogP) is 3.01. The van der Waals surface area contributed by atoms with Crippen LogP contribution in [0.5, 0.6) is 0 Å². The number of carboxylic acids is 1. The normalized spacial score (nSPS) is 11.2. The lowest BCUT2D eigenvalue weighted by atomic mass is 9.99. The molecule has 0 atom stereocenters. The average Bonchev–Trinajstić information content (AvgIpc) is 2.28. The van der Waals surface area contributed by atoms with Crippen molar-refractivity contribution < 1.29 is 9.90 Å². The van der Waals surface area contributed by atoms with Gasteiger partial charge < -0.3 is 10.0 Å². The molecule has 1 rings (SSSR count). The first-order valence-corrected chi connectivity index (χ1v) is 5.45. The maximum Gasteiger partial charge on any atom is 0.335 e. The zero-order chi connectivity index (χ0) is 12.3. The van der Waals surface area contributed by atoms with Gasteiger partial charge in [0.05, 0.1) is 5.56 Å². The third kappa shape index (κ3) is 2.54. The first-order chi connectivity index (χ1) is 7.38. The van der Waals surface area contributed by atoms with Crippen LogP contribution >= 0.6 is 0 Å². The lowest BCUT2D eigenvalue weighted by Gasteiger charge is -2.36. The van der Waals surface area contributed by atoms with E-state index in [4.69, 9.17) is 5.11 Å². The fourth-order valence-electron chi connectivity index (χ4n) is 1.43. The summed E-state index contributed by atoms with van der Waals surface area (Å²) < 4.78 is 0. The molecule has 0 aromatic heterocycles. The molecule has 1 aromatic rings. The van der Waals surface area contributed by atoms with Crippen LogP contribution in [-0.2, 0) is 0 Å².